The molecule has 98 valence electrons. The predicted octanol–water partition coefficient (Wildman–Crippen LogP) is 2.15. The minimum Gasteiger partial charge on any atom is -0.412 e. The first kappa shape index (κ1) is 16.1. The van der Waals surface area contributed by atoms with E-state index in [9.17, 15) is 8.42 Å². The van der Waals surface area contributed by atoms with Crippen molar-refractivity contribution < 1.29 is 18.4 Å². The molecule has 1 aromatic rings. The Labute approximate surface area is 103 Å². The Bertz CT molecular complexity index is 452. The van der Waals surface area contributed by atoms with Gasteiger partial charge in [-0.05, 0) is 31.4 Å². The summed E-state index contributed by atoms with van der Waals surface area (Å²) in [7, 11) is -4.09. The SMILES string of the molecule is CCCCCc1cc(C)ccc1S(=O)(=O)O.O. The molecule has 0 fully saturated rings. The predicted molar refractivity (Wildman–Crippen MR) is 67.8 cm³/mol. The minimum atomic E-state index is -4.09. The number of benzene rings is 1. The molecule has 0 spiro atoms. The second kappa shape index (κ2) is 6.74. The van der Waals surface area contributed by atoms with Crippen molar-refractivity contribution in [1.29, 1.82) is 0 Å². The largest absolute Gasteiger partial charge is 0.412 e. The lowest BCUT2D eigenvalue weighted by Crippen LogP contribution is -2.03. The average Bonchev–Trinajstić information content (AvgIpc) is 2.16. The molecular weight excluding hydrogens is 240 g/mol. The fraction of sp³-hybridized carbons (Fsp3) is 0.500. The van der Waals surface area contributed by atoms with Gasteiger partial charge in [0.15, 0.2) is 0 Å². The molecule has 0 aliphatic rings. The Morgan fingerprint density at radius 2 is 1.88 bits per heavy atom. The Kier molecular flexibility index (Phi) is 6.37. The van der Waals surface area contributed by atoms with Gasteiger partial charge in [-0.25, -0.2) is 0 Å². The van der Waals surface area contributed by atoms with Gasteiger partial charge >= 0.3 is 0 Å². The molecule has 17 heavy (non-hydrogen) atoms. The van der Waals surface area contributed by atoms with Gasteiger partial charge in [-0.15, -0.1) is 0 Å². The van der Waals surface area contributed by atoms with Crippen LogP contribution in [0.15, 0.2) is 23.1 Å². The van der Waals surface area contributed by atoms with Crippen LogP contribution in [0, 0.1) is 6.92 Å². The van der Waals surface area contributed by atoms with Gasteiger partial charge < -0.3 is 5.48 Å². The second-order valence-corrected chi connectivity index (χ2v) is 5.43. The summed E-state index contributed by atoms with van der Waals surface area (Å²) in [6, 6.07) is 5.01. The summed E-state index contributed by atoms with van der Waals surface area (Å²) in [6.07, 6.45) is 3.80. The van der Waals surface area contributed by atoms with Crippen molar-refractivity contribution in [1.82, 2.24) is 0 Å². The van der Waals surface area contributed by atoms with Crippen LogP contribution in [-0.4, -0.2) is 18.4 Å². The van der Waals surface area contributed by atoms with E-state index in [1.807, 2.05) is 13.0 Å². The van der Waals surface area contributed by atoms with E-state index < -0.39 is 10.1 Å². The van der Waals surface area contributed by atoms with Crippen molar-refractivity contribution in [2.45, 2.75) is 44.4 Å². The molecule has 1 rings (SSSR count). The third-order valence-electron chi connectivity index (χ3n) is 2.54. The van der Waals surface area contributed by atoms with Gasteiger partial charge in [-0.2, -0.15) is 8.42 Å². The first-order chi connectivity index (χ1) is 7.45. The Morgan fingerprint density at radius 1 is 1.24 bits per heavy atom. The maximum absolute atomic E-state index is 11.2. The molecule has 0 saturated carbocycles. The van der Waals surface area contributed by atoms with Crippen molar-refractivity contribution in [2.24, 2.45) is 0 Å². The fourth-order valence-electron chi connectivity index (χ4n) is 1.72. The highest BCUT2D eigenvalue weighted by atomic mass is 32.2. The molecular formula is C12H20O4S. The Morgan fingerprint density at radius 3 is 2.41 bits per heavy atom. The lowest BCUT2D eigenvalue weighted by atomic mass is 10.1. The summed E-state index contributed by atoms with van der Waals surface area (Å²) >= 11 is 0. The molecule has 0 unspecified atom stereocenters. The maximum Gasteiger partial charge on any atom is 0.294 e. The summed E-state index contributed by atoms with van der Waals surface area (Å²) in [6.45, 7) is 4.01. The standard InChI is InChI=1S/C12H18O3S.H2O/c1-3-4-5-6-11-9-10(2)7-8-12(11)16(13,14)15;/h7-9H,3-6H2,1-2H3,(H,13,14,15);1H2. The molecule has 0 bridgehead atoms. The van der Waals surface area contributed by atoms with E-state index in [0.717, 1.165) is 30.4 Å². The van der Waals surface area contributed by atoms with Crippen LogP contribution in [0.4, 0.5) is 0 Å². The van der Waals surface area contributed by atoms with Gasteiger partial charge in [-0.3, -0.25) is 4.55 Å². The van der Waals surface area contributed by atoms with Crippen LogP contribution < -0.4 is 0 Å². The summed E-state index contributed by atoms with van der Waals surface area (Å²) in [5, 5.41) is 0. The molecule has 0 aliphatic heterocycles. The number of hydrogen-bond donors (Lipinski definition) is 1. The summed E-state index contributed by atoms with van der Waals surface area (Å²) in [4.78, 5) is 0.0502. The zero-order valence-corrected chi connectivity index (χ0v) is 11.0. The molecule has 0 aromatic heterocycles. The lowest BCUT2D eigenvalue weighted by Gasteiger charge is -2.07. The zero-order valence-electron chi connectivity index (χ0n) is 10.2. The van der Waals surface area contributed by atoms with Crippen molar-refractivity contribution in [3.05, 3.63) is 29.3 Å². The van der Waals surface area contributed by atoms with E-state index in [1.165, 1.54) is 6.07 Å². The quantitative estimate of drug-likeness (QED) is 0.650. The molecule has 0 aliphatic carbocycles. The number of rotatable bonds is 5. The fourth-order valence-corrected chi connectivity index (χ4v) is 2.45. The highest BCUT2D eigenvalue weighted by molar-refractivity contribution is 7.85. The third kappa shape index (κ3) is 4.85. The summed E-state index contributed by atoms with van der Waals surface area (Å²) in [5.74, 6) is 0. The molecule has 1 aromatic carbocycles. The number of unbranched alkanes of at least 4 members (excludes halogenated alkanes) is 2. The number of hydrogen-bond acceptors (Lipinski definition) is 2. The molecule has 0 atom stereocenters. The first-order valence-corrected chi connectivity index (χ1v) is 6.96. The van der Waals surface area contributed by atoms with Crippen molar-refractivity contribution in [2.75, 3.05) is 0 Å². The third-order valence-corrected chi connectivity index (χ3v) is 3.50. The van der Waals surface area contributed by atoms with Gasteiger partial charge in [0.25, 0.3) is 10.1 Å². The Hall–Kier alpha value is -0.910. The minimum absolute atomic E-state index is 0. The molecule has 0 heterocycles. The van der Waals surface area contributed by atoms with E-state index in [1.54, 1.807) is 6.07 Å². The van der Waals surface area contributed by atoms with Crippen LogP contribution in [0.2, 0.25) is 0 Å². The van der Waals surface area contributed by atoms with Gasteiger partial charge in [0.1, 0.15) is 0 Å². The van der Waals surface area contributed by atoms with Crippen LogP contribution in [0.3, 0.4) is 0 Å². The molecule has 5 heteroatoms. The Balaban J connectivity index is 0.00000256. The highest BCUT2D eigenvalue weighted by Gasteiger charge is 2.14. The summed E-state index contributed by atoms with van der Waals surface area (Å²) in [5.41, 5.74) is 1.73. The first-order valence-electron chi connectivity index (χ1n) is 5.52. The van der Waals surface area contributed by atoms with Crippen molar-refractivity contribution >= 4 is 10.1 Å². The molecule has 0 saturated heterocycles. The van der Waals surface area contributed by atoms with Crippen LogP contribution in [0.1, 0.15) is 37.3 Å². The topological polar surface area (TPSA) is 85.9 Å². The average molecular weight is 260 g/mol. The highest BCUT2D eigenvalue weighted by Crippen LogP contribution is 2.19. The van der Waals surface area contributed by atoms with Crippen molar-refractivity contribution in [3.63, 3.8) is 0 Å². The van der Waals surface area contributed by atoms with E-state index in [-0.39, 0.29) is 10.4 Å². The second-order valence-electron chi connectivity index (χ2n) is 4.04. The molecule has 0 amide bonds. The smallest absolute Gasteiger partial charge is 0.294 e. The van der Waals surface area contributed by atoms with E-state index in [0.29, 0.717) is 6.42 Å². The number of aryl methyl sites for hydroxylation is 2. The van der Waals surface area contributed by atoms with Gasteiger partial charge in [0, 0.05) is 0 Å². The van der Waals surface area contributed by atoms with Gasteiger partial charge in [0.2, 0.25) is 0 Å². The van der Waals surface area contributed by atoms with Crippen LogP contribution in [0.5, 0.6) is 0 Å². The lowest BCUT2D eigenvalue weighted by molar-refractivity contribution is 0.481. The monoisotopic (exact) mass is 260 g/mol. The summed E-state index contributed by atoms with van der Waals surface area (Å²) < 4.78 is 31.4. The van der Waals surface area contributed by atoms with Crippen molar-refractivity contribution in [3.8, 4) is 0 Å². The van der Waals surface area contributed by atoms with Crippen LogP contribution in [0.25, 0.3) is 0 Å². The van der Waals surface area contributed by atoms with Gasteiger partial charge in [0.05, 0.1) is 4.90 Å². The van der Waals surface area contributed by atoms with Crippen LogP contribution >= 0.6 is 0 Å². The van der Waals surface area contributed by atoms with E-state index in [4.69, 9.17) is 4.55 Å². The maximum atomic E-state index is 11.2. The normalized spacial score (nSPS) is 11.0. The van der Waals surface area contributed by atoms with E-state index in [2.05, 4.69) is 6.92 Å². The van der Waals surface area contributed by atoms with Gasteiger partial charge in [-0.1, -0.05) is 37.5 Å². The molecule has 3 N–H and O–H groups in total. The molecule has 0 radical (unpaired) electrons. The van der Waals surface area contributed by atoms with E-state index >= 15 is 0 Å². The zero-order chi connectivity index (χ0) is 12.2. The van der Waals surface area contributed by atoms with Crippen LogP contribution in [-0.2, 0) is 16.5 Å². The molecule has 4 nitrogen and oxygen atoms in total.